The van der Waals surface area contributed by atoms with Crippen LogP contribution in [0.4, 0.5) is 0 Å². The van der Waals surface area contributed by atoms with E-state index in [1.165, 1.54) is 0 Å². The highest BCUT2D eigenvalue weighted by Gasteiger charge is 2.45. The van der Waals surface area contributed by atoms with Crippen LogP contribution in [-0.2, 0) is 4.74 Å². The van der Waals surface area contributed by atoms with E-state index in [0.29, 0.717) is 17.9 Å². The topological polar surface area (TPSA) is 60.0 Å². The van der Waals surface area contributed by atoms with Crippen LogP contribution in [0.1, 0.15) is 35.8 Å². The Labute approximate surface area is 171 Å². The molecular weight excluding hydrogens is 368 g/mol. The number of nitrogens with zero attached hydrogens (tertiary/aromatic N) is 1. The molecule has 1 N–H and O–H groups in total. The molecule has 1 saturated heterocycles. The maximum Gasteiger partial charge on any atom is 0.272 e. The normalized spacial score (nSPS) is 22.3. The van der Waals surface area contributed by atoms with Gasteiger partial charge in [0.2, 0.25) is 0 Å². The van der Waals surface area contributed by atoms with Gasteiger partial charge < -0.3 is 14.2 Å². The Bertz CT molecular complexity index is 919. The van der Waals surface area contributed by atoms with Gasteiger partial charge in [-0.15, -0.1) is 0 Å². The van der Waals surface area contributed by atoms with Crippen molar-refractivity contribution in [3.63, 3.8) is 0 Å². The molecule has 6 heteroatoms. The minimum absolute atomic E-state index is 0.0404. The van der Waals surface area contributed by atoms with Crippen molar-refractivity contribution in [1.82, 2.24) is 10.4 Å². The zero-order chi connectivity index (χ0) is 20.6. The minimum atomic E-state index is -0.373. The molecule has 6 nitrogen and oxygen atoms in total. The summed E-state index contributed by atoms with van der Waals surface area (Å²) >= 11 is 0. The molecule has 2 aromatic carbocycles. The lowest BCUT2D eigenvalue weighted by Crippen LogP contribution is -2.38. The first-order valence-electron chi connectivity index (χ1n) is 9.67. The predicted molar refractivity (Wildman–Crippen MR) is 110 cm³/mol. The van der Waals surface area contributed by atoms with Gasteiger partial charge in [-0.3, -0.25) is 10.2 Å². The molecule has 2 aliphatic rings. The highest BCUT2D eigenvalue weighted by molar-refractivity contribution is 5.94. The number of ether oxygens (including phenoxy) is 3. The van der Waals surface area contributed by atoms with Crippen LogP contribution in [0.15, 0.2) is 60.3 Å². The summed E-state index contributed by atoms with van der Waals surface area (Å²) in [7, 11) is 3.25. The summed E-state index contributed by atoms with van der Waals surface area (Å²) in [4.78, 5) is 13.4. The first kappa shape index (κ1) is 19.3. The molecule has 2 aromatic rings. The number of hydrogen-bond donors (Lipinski definition) is 1. The Hall–Kier alpha value is -2.99. The fourth-order valence-electron chi connectivity index (χ4n) is 3.91. The predicted octanol–water partition coefficient (Wildman–Crippen LogP) is 3.71. The number of amides is 1. The Morgan fingerprint density at radius 3 is 2.21 bits per heavy atom. The van der Waals surface area contributed by atoms with Crippen LogP contribution < -0.4 is 14.9 Å². The molecule has 2 heterocycles. The molecule has 1 amide bonds. The lowest BCUT2D eigenvalue weighted by molar-refractivity contribution is -0.0141. The number of fused-ring (bicyclic) bond motifs is 1. The Kier molecular flexibility index (Phi) is 4.96. The number of benzene rings is 2. The minimum Gasteiger partial charge on any atom is -0.497 e. The number of carbonyl (C=O) groups excluding carboxylic acids is 1. The quantitative estimate of drug-likeness (QED) is 0.857. The summed E-state index contributed by atoms with van der Waals surface area (Å²) in [5.41, 5.74) is 5.62. The second kappa shape index (κ2) is 7.44. The fraction of sp³-hybridized carbons (Fsp3) is 0.348. The first-order chi connectivity index (χ1) is 13.9. The molecule has 4 rings (SSSR count). The number of methoxy groups -OCH3 is 2. The second-order valence-corrected chi connectivity index (χ2v) is 7.85. The number of carbonyl (C=O) groups is 1. The molecule has 0 bridgehead atoms. The average Bonchev–Trinajstić information content (AvgIpc) is 3.10. The third-order valence-electron chi connectivity index (χ3n) is 5.46. The van der Waals surface area contributed by atoms with Gasteiger partial charge in [0.05, 0.1) is 38.4 Å². The summed E-state index contributed by atoms with van der Waals surface area (Å²) < 4.78 is 16.5. The molecule has 0 saturated carbocycles. The molecule has 0 aliphatic carbocycles. The fourth-order valence-corrected chi connectivity index (χ4v) is 3.91. The Morgan fingerprint density at radius 1 is 1.03 bits per heavy atom. The highest BCUT2D eigenvalue weighted by atomic mass is 16.5. The van der Waals surface area contributed by atoms with Gasteiger partial charge in [0, 0.05) is 11.3 Å². The van der Waals surface area contributed by atoms with E-state index in [9.17, 15) is 4.79 Å². The van der Waals surface area contributed by atoms with Crippen LogP contribution in [0.3, 0.4) is 0 Å². The van der Waals surface area contributed by atoms with Gasteiger partial charge in [0.1, 0.15) is 11.5 Å². The number of nitrogens with one attached hydrogen (secondary N) is 1. The highest BCUT2D eigenvalue weighted by Crippen LogP contribution is 2.42. The Morgan fingerprint density at radius 2 is 1.62 bits per heavy atom. The van der Waals surface area contributed by atoms with Gasteiger partial charge >= 0.3 is 0 Å². The standard InChI is InChI=1S/C23H26N2O4/c1-23(2)13-20-19(14-29-23)21(15-5-9-17(27-3)10-6-15)25(24-20)22(26)16-7-11-18(28-4)12-8-16/h5-13,19,21,24H,14H2,1-4H3. The van der Waals surface area contributed by atoms with Crippen molar-refractivity contribution < 1.29 is 19.0 Å². The van der Waals surface area contributed by atoms with Crippen LogP contribution >= 0.6 is 0 Å². The van der Waals surface area contributed by atoms with Crippen LogP contribution in [0.5, 0.6) is 11.5 Å². The molecule has 1 fully saturated rings. The van der Waals surface area contributed by atoms with E-state index in [1.807, 2.05) is 38.1 Å². The van der Waals surface area contributed by atoms with Crippen molar-refractivity contribution in [1.29, 1.82) is 0 Å². The summed E-state index contributed by atoms with van der Waals surface area (Å²) in [5.74, 6) is 1.44. The second-order valence-electron chi connectivity index (χ2n) is 7.85. The summed E-state index contributed by atoms with van der Waals surface area (Å²) in [5, 5.41) is 1.71. The summed E-state index contributed by atoms with van der Waals surface area (Å²) in [6.07, 6.45) is 2.07. The Balaban J connectivity index is 1.71. The van der Waals surface area contributed by atoms with Crippen LogP contribution in [-0.4, -0.2) is 37.3 Å². The van der Waals surface area contributed by atoms with Gasteiger partial charge in [0.15, 0.2) is 0 Å². The van der Waals surface area contributed by atoms with E-state index in [4.69, 9.17) is 14.2 Å². The van der Waals surface area contributed by atoms with E-state index in [1.54, 1.807) is 43.5 Å². The first-order valence-corrected chi connectivity index (χ1v) is 9.67. The maximum atomic E-state index is 13.4. The third-order valence-corrected chi connectivity index (χ3v) is 5.46. The van der Waals surface area contributed by atoms with Gasteiger partial charge in [0.25, 0.3) is 5.91 Å². The molecule has 0 spiro atoms. The largest absolute Gasteiger partial charge is 0.497 e. The van der Waals surface area contributed by atoms with E-state index in [-0.39, 0.29) is 23.5 Å². The van der Waals surface area contributed by atoms with Gasteiger partial charge in [-0.05, 0) is 61.9 Å². The SMILES string of the molecule is COc1ccc(C(=O)N2NC3=CC(C)(C)OCC3C2c2ccc(OC)cc2)cc1. The van der Waals surface area contributed by atoms with E-state index in [0.717, 1.165) is 17.0 Å². The molecule has 0 aromatic heterocycles. The van der Waals surface area contributed by atoms with E-state index in [2.05, 4.69) is 11.5 Å². The van der Waals surface area contributed by atoms with E-state index < -0.39 is 0 Å². The molecule has 29 heavy (non-hydrogen) atoms. The third kappa shape index (κ3) is 3.68. The molecule has 2 unspecified atom stereocenters. The van der Waals surface area contributed by atoms with Crippen LogP contribution in [0, 0.1) is 5.92 Å². The molecule has 2 atom stereocenters. The molecular formula is C23H26N2O4. The van der Waals surface area contributed by atoms with Gasteiger partial charge in [-0.2, -0.15) is 0 Å². The van der Waals surface area contributed by atoms with Crippen molar-refractivity contribution >= 4 is 5.91 Å². The zero-order valence-corrected chi connectivity index (χ0v) is 17.1. The van der Waals surface area contributed by atoms with Crippen molar-refractivity contribution in [3.05, 3.63) is 71.4 Å². The van der Waals surface area contributed by atoms with Crippen molar-refractivity contribution in [2.24, 2.45) is 5.92 Å². The lowest BCUT2D eigenvalue weighted by Gasteiger charge is -2.32. The number of rotatable bonds is 4. The van der Waals surface area contributed by atoms with Crippen molar-refractivity contribution in [3.8, 4) is 11.5 Å². The lowest BCUT2D eigenvalue weighted by atomic mass is 9.88. The summed E-state index contributed by atoms with van der Waals surface area (Å²) in [6.45, 7) is 4.58. The number of hydrazine groups is 1. The molecule has 152 valence electrons. The monoisotopic (exact) mass is 394 g/mol. The van der Waals surface area contributed by atoms with E-state index >= 15 is 0 Å². The van der Waals surface area contributed by atoms with Crippen LogP contribution in [0.2, 0.25) is 0 Å². The molecule has 0 radical (unpaired) electrons. The van der Waals surface area contributed by atoms with Gasteiger partial charge in [-0.25, -0.2) is 5.01 Å². The smallest absolute Gasteiger partial charge is 0.272 e. The molecule has 2 aliphatic heterocycles. The van der Waals surface area contributed by atoms with Crippen LogP contribution in [0.25, 0.3) is 0 Å². The summed E-state index contributed by atoms with van der Waals surface area (Å²) in [6, 6.07) is 14.8. The average molecular weight is 394 g/mol. The van der Waals surface area contributed by atoms with Crippen molar-refractivity contribution in [2.75, 3.05) is 20.8 Å². The maximum absolute atomic E-state index is 13.4. The van der Waals surface area contributed by atoms with Gasteiger partial charge in [-0.1, -0.05) is 12.1 Å². The number of hydrogen-bond acceptors (Lipinski definition) is 5. The van der Waals surface area contributed by atoms with Crippen molar-refractivity contribution in [2.45, 2.75) is 25.5 Å². The zero-order valence-electron chi connectivity index (χ0n) is 17.1.